The molecule has 0 atom stereocenters. The summed E-state index contributed by atoms with van der Waals surface area (Å²) in [5.74, 6) is 0.982. The average molecular weight is 296 g/mol. The van der Waals surface area contributed by atoms with Crippen LogP contribution in [0, 0.1) is 16.7 Å². The van der Waals surface area contributed by atoms with Gasteiger partial charge < -0.3 is 10.6 Å². The molecular formula is C18H36N2O. The second kappa shape index (κ2) is 7.62. The van der Waals surface area contributed by atoms with Crippen LogP contribution in [0.5, 0.6) is 0 Å². The Bertz CT molecular complexity index is 330. The number of nitrogens with zero attached hydrogens (tertiary/aromatic N) is 1. The second-order valence-corrected chi connectivity index (χ2v) is 8.18. The normalized spacial score (nSPS) is 18.2. The lowest BCUT2D eigenvalue weighted by atomic mass is 9.76. The van der Waals surface area contributed by atoms with E-state index in [1.165, 1.54) is 12.8 Å². The van der Waals surface area contributed by atoms with E-state index in [2.05, 4.69) is 39.5 Å². The Morgan fingerprint density at radius 3 is 2.29 bits per heavy atom. The van der Waals surface area contributed by atoms with E-state index in [1.807, 2.05) is 0 Å². The van der Waals surface area contributed by atoms with E-state index in [0.29, 0.717) is 18.4 Å². The number of hydrogen-bond acceptors (Lipinski definition) is 2. The monoisotopic (exact) mass is 296 g/mol. The maximum atomic E-state index is 13.3. The van der Waals surface area contributed by atoms with Crippen LogP contribution in [-0.2, 0) is 4.79 Å². The molecule has 0 aromatic carbocycles. The summed E-state index contributed by atoms with van der Waals surface area (Å²) >= 11 is 0. The first-order valence-electron chi connectivity index (χ1n) is 8.76. The zero-order valence-corrected chi connectivity index (χ0v) is 14.9. The van der Waals surface area contributed by atoms with Crippen molar-refractivity contribution in [1.29, 1.82) is 0 Å². The first-order valence-corrected chi connectivity index (χ1v) is 8.76. The molecule has 0 saturated heterocycles. The van der Waals surface area contributed by atoms with Gasteiger partial charge in [-0.25, -0.2) is 0 Å². The van der Waals surface area contributed by atoms with Crippen molar-refractivity contribution in [2.24, 2.45) is 22.5 Å². The van der Waals surface area contributed by atoms with Crippen LogP contribution in [0.3, 0.4) is 0 Å². The molecule has 3 nitrogen and oxygen atoms in total. The molecule has 0 aromatic heterocycles. The lowest BCUT2D eigenvalue weighted by molar-refractivity contribution is -0.144. The Labute approximate surface area is 131 Å². The number of carbonyl (C=O) groups is 1. The Kier molecular flexibility index (Phi) is 6.71. The highest BCUT2D eigenvalue weighted by Gasteiger charge is 2.44. The Balaban J connectivity index is 2.91. The summed E-state index contributed by atoms with van der Waals surface area (Å²) in [5, 5.41) is 0. The van der Waals surface area contributed by atoms with Gasteiger partial charge in [-0.2, -0.15) is 0 Å². The predicted molar refractivity (Wildman–Crippen MR) is 90.1 cm³/mol. The summed E-state index contributed by atoms with van der Waals surface area (Å²) in [4.78, 5) is 15.4. The van der Waals surface area contributed by atoms with Crippen molar-refractivity contribution in [2.45, 2.75) is 73.1 Å². The molecule has 1 aliphatic carbocycles. The Hall–Kier alpha value is -0.570. The first kappa shape index (κ1) is 18.5. The summed E-state index contributed by atoms with van der Waals surface area (Å²) in [7, 11) is 0. The van der Waals surface area contributed by atoms with Crippen LogP contribution in [0.2, 0.25) is 0 Å². The van der Waals surface area contributed by atoms with Crippen LogP contribution in [0.15, 0.2) is 0 Å². The zero-order chi connectivity index (χ0) is 16.1. The predicted octanol–water partition coefficient (Wildman–Crippen LogP) is 3.82. The third-order valence-electron chi connectivity index (χ3n) is 4.77. The van der Waals surface area contributed by atoms with E-state index in [9.17, 15) is 4.79 Å². The lowest BCUT2D eigenvalue weighted by Gasteiger charge is -2.39. The SMILES string of the molecule is CCCN(CC(C)(C)CN)C(=O)C1(CC(C)C)CCCC1. The van der Waals surface area contributed by atoms with Gasteiger partial charge in [0, 0.05) is 18.5 Å². The van der Waals surface area contributed by atoms with Crippen LogP contribution < -0.4 is 5.73 Å². The van der Waals surface area contributed by atoms with Gasteiger partial charge in [0.1, 0.15) is 0 Å². The minimum atomic E-state index is -0.0893. The van der Waals surface area contributed by atoms with E-state index < -0.39 is 0 Å². The van der Waals surface area contributed by atoms with Gasteiger partial charge in [0.15, 0.2) is 0 Å². The van der Waals surface area contributed by atoms with Crippen molar-refractivity contribution in [1.82, 2.24) is 4.90 Å². The zero-order valence-electron chi connectivity index (χ0n) is 14.9. The molecule has 0 aliphatic heterocycles. The fourth-order valence-corrected chi connectivity index (χ4v) is 3.78. The minimum absolute atomic E-state index is 0.00244. The standard InChI is InChI=1S/C18H36N2O/c1-6-11-20(14-17(4,5)13-19)16(21)18(12-15(2)3)9-7-8-10-18/h15H,6-14,19H2,1-5H3. The fourth-order valence-electron chi connectivity index (χ4n) is 3.78. The van der Waals surface area contributed by atoms with Crippen molar-refractivity contribution in [2.75, 3.05) is 19.6 Å². The molecule has 1 rings (SSSR count). The van der Waals surface area contributed by atoms with Gasteiger partial charge >= 0.3 is 0 Å². The van der Waals surface area contributed by atoms with Crippen LogP contribution in [0.1, 0.15) is 73.1 Å². The number of amides is 1. The molecule has 3 heteroatoms. The van der Waals surface area contributed by atoms with E-state index in [0.717, 1.165) is 38.8 Å². The van der Waals surface area contributed by atoms with Gasteiger partial charge in [-0.1, -0.05) is 47.5 Å². The molecule has 124 valence electrons. The van der Waals surface area contributed by atoms with Gasteiger partial charge in [0.05, 0.1) is 0 Å². The van der Waals surface area contributed by atoms with Crippen LogP contribution in [0.4, 0.5) is 0 Å². The largest absolute Gasteiger partial charge is 0.342 e. The van der Waals surface area contributed by atoms with Crippen LogP contribution in [0.25, 0.3) is 0 Å². The lowest BCUT2D eigenvalue weighted by Crippen LogP contribution is -2.48. The summed E-state index contributed by atoms with van der Waals surface area (Å²) in [6.07, 6.45) is 6.62. The summed E-state index contributed by atoms with van der Waals surface area (Å²) in [6.45, 7) is 13.2. The van der Waals surface area contributed by atoms with Gasteiger partial charge in [-0.3, -0.25) is 4.79 Å². The van der Waals surface area contributed by atoms with Crippen LogP contribution in [-0.4, -0.2) is 30.4 Å². The van der Waals surface area contributed by atoms with E-state index >= 15 is 0 Å². The number of rotatable bonds is 8. The number of nitrogens with two attached hydrogens (primary N) is 1. The van der Waals surface area contributed by atoms with Crippen LogP contribution >= 0.6 is 0 Å². The number of hydrogen-bond donors (Lipinski definition) is 1. The molecule has 1 fully saturated rings. The third-order valence-corrected chi connectivity index (χ3v) is 4.77. The topological polar surface area (TPSA) is 46.3 Å². The fraction of sp³-hybridized carbons (Fsp3) is 0.944. The maximum absolute atomic E-state index is 13.3. The van der Waals surface area contributed by atoms with Gasteiger partial charge in [-0.15, -0.1) is 0 Å². The average Bonchev–Trinajstić information content (AvgIpc) is 2.86. The van der Waals surface area contributed by atoms with Gasteiger partial charge in [0.25, 0.3) is 0 Å². The molecule has 0 aromatic rings. The summed E-state index contributed by atoms with van der Waals surface area (Å²) in [5.41, 5.74) is 5.79. The highest BCUT2D eigenvalue weighted by atomic mass is 16.2. The Morgan fingerprint density at radius 1 is 1.29 bits per heavy atom. The molecule has 0 spiro atoms. The van der Waals surface area contributed by atoms with Crippen molar-refractivity contribution in [3.05, 3.63) is 0 Å². The molecule has 0 heterocycles. The van der Waals surface area contributed by atoms with E-state index in [4.69, 9.17) is 5.73 Å². The van der Waals surface area contributed by atoms with E-state index in [1.54, 1.807) is 0 Å². The highest BCUT2D eigenvalue weighted by Crippen LogP contribution is 2.45. The molecular weight excluding hydrogens is 260 g/mol. The van der Waals surface area contributed by atoms with Crippen molar-refractivity contribution in [3.8, 4) is 0 Å². The first-order chi connectivity index (χ1) is 9.76. The van der Waals surface area contributed by atoms with Crippen molar-refractivity contribution < 1.29 is 4.79 Å². The maximum Gasteiger partial charge on any atom is 0.228 e. The smallest absolute Gasteiger partial charge is 0.228 e. The molecule has 0 radical (unpaired) electrons. The molecule has 0 unspecified atom stereocenters. The molecule has 2 N–H and O–H groups in total. The quantitative estimate of drug-likeness (QED) is 0.740. The molecule has 21 heavy (non-hydrogen) atoms. The van der Waals surface area contributed by atoms with Crippen molar-refractivity contribution >= 4 is 5.91 Å². The summed E-state index contributed by atoms with van der Waals surface area (Å²) in [6, 6.07) is 0. The van der Waals surface area contributed by atoms with E-state index in [-0.39, 0.29) is 10.8 Å². The van der Waals surface area contributed by atoms with Gasteiger partial charge in [0.2, 0.25) is 5.91 Å². The highest BCUT2D eigenvalue weighted by molar-refractivity contribution is 5.83. The molecule has 1 aliphatic rings. The third kappa shape index (κ3) is 4.98. The Morgan fingerprint density at radius 2 is 1.86 bits per heavy atom. The number of carbonyl (C=O) groups excluding carboxylic acids is 1. The summed E-state index contributed by atoms with van der Waals surface area (Å²) < 4.78 is 0. The molecule has 1 amide bonds. The minimum Gasteiger partial charge on any atom is -0.342 e. The van der Waals surface area contributed by atoms with Gasteiger partial charge in [-0.05, 0) is 43.6 Å². The molecule has 0 bridgehead atoms. The molecule has 1 saturated carbocycles. The van der Waals surface area contributed by atoms with Crippen molar-refractivity contribution in [3.63, 3.8) is 0 Å². The second-order valence-electron chi connectivity index (χ2n) is 8.18.